The van der Waals surface area contributed by atoms with Crippen LogP contribution in [-0.2, 0) is 11.3 Å². The van der Waals surface area contributed by atoms with Gasteiger partial charge < -0.3 is 20.7 Å². The summed E-state index contributed by atoms with van der Waals surface area (Å²) in [5.41, 5.74) is 1.02. The predicted molar refractivity (Wildman–Crippen MR) is 116 cm³/mol. The Bertz CT molecular complexity index is 747. The number of ether oxygens (including phenoxy) is 1. The number of rotatable bonds is 10. The summed E-state index contributed by atoms with van der Waals surface area (Å²) in [5.74, 6) is 1.77. The van der Waals surface area contributed by atoms with Gasteiger partial charge in [0.25, 0.3) is 5.91 Å². The predicted octanol–water partition coefficient (Wildman–Crippen LogP) is 3.12. The summed E-state index contributed by atoms with van der Waals surface area (Å²) in [5, 5.41) is 11.5. The Morgan fingerprint density at radius 2 is 1.96 bits per heavy atom. The first-order chi connectivity index (χ1) is 13.6. The number of amides is 1. The van der Waals surface area contributed by atoms with Gasteiger partial charge in [0.15, 0.2) is 12.6 Å². The van der Waals surface area contributed by atoms with Crippen molar-refractivity contribution in [3.63, 3.8) is 0 Å². The maximum Gasteiger partial charge on any atom is 0.257 e. The average molecular weight is 403 g/mol. The van der Waals surface area contributed by atoms with E-state index in [-0.39, 0.29) is 12.5 Å². The minimum Gasteiger partial charge on any atom is -0.484 e. The van der Waals surface area contributed by atoms with Gasteiger partial charge in [-0.1, -0.05) is 25.1 Å². The van der Waals surface area contributed by atoms with E-state index >= 15 is 0 Å². The largest absolute Gasteiger partial charge is 0.484 e. The van der Waals surface area contributed by atoms with Crippen molar-refractivity contribution in [3.05, 3.63) is 52.2 Å². The zero-order chi connectivity index (χ0) is 20.2. The highest BCUT2D eigenvalue weighted by Gasteiger charge is 2.08. The first-order valence-corrected chi connectivity index (χ1v) is 10.5. The van der Waals surface area contributed by atoms with E-state index in [9.17, 15) is 4.79 Å². The third-order valence-corrected chi connectivity index (χ3v) is 5.11. The normalized spacial score (nSPS) is 12.3. The molecule has 0 aliphatic carbocycles. The van der Waals surface area contributed by atoms with E-state index in [1.54, 1.807) is 11.3 Å². The molecule has 7 heteroatoms. The SMILES string of the molecule is CCNC(=O)COc1cccc(CN=C(NCC)NCC(C)c2cccs2)c1. The van der Waals surface area contributed by atoms with Crippen LogP contribution in [0, 0.1) is 0 Å². The van der Waals surface area contributed by atoms with Crippen molar-refractivity contribution >= 4 is 23.2 Å². The number of likely N-dealkylation sites (N-methyl/N-ethyl adjacent to an activating group) is 1. The topological polar surface area (TPSA) is 74.8 Å². The maximum absolute atomic E-state index is 11.5. The monoisotopic (exact) mass is 402 g/mol. The summed E-state index contributed by atoms with van der Waals surface area (Å²) in [6.45, 7) is 8.91. The second kappa shape index (κ2) is 12.0. The van der Waals surface area contributed by atoms with Crippen LogP contribution in [0.4, 0.5) is 0 Å². The summed E-state index contributed by atoms with van der Waals surface area (Å²) in [4.78, 5) is 17.6. The molecule has 0 saturated heterocycles. The van der Waals surface area contributed by atoms with Crippen molar-refractivity contribution < 1.29 is 9.53 Å². The van der Waals surface area contributed by atoms with Crippen LogP contribution in [0.15, 0.2) is 46.8 Å². The standard InChI is InChI=1S/C21H30N4O2S/c1-4-22-20(26)15-27-18-9-6-8-17(12-18)14-25-21(23-5-2)24-13-16(3)19-10-7-11-28-19/h6-12,16H,4-5,13-15H2,1-3H3,(H,22,26)(H2,23,24,25). The van der Waals surface area contributed by atoms with Gasteiger partial charge in [0.05, 0.1) is 6.54 Å². The number of hydrogen-bond donors (Lipinski definition) is 3. The van der Waals surface area contributed by atoms with Crippen molar-refractivity contribution in [2.75, 3.05) is 26.2 Å². The first kappa shape index (κ1) is 21.8. The molecular formula is C21H30N4O2S. The summed E-state index contributed by atoms with van der Waals surface area (Å²) in [6.07, 6.45) is 0. The Balaban J connectivity index is 1.90. The molecule has 2 aromatic rings. The fourth-order valence-corrected chi connectivity index (χ4v) is 3.35. The summed E-state index contributed by atoms with van der Waals surface area (Å²) >= 11 is 1.77. The number of nitrogens with zero attached hydrogens (tertiary/aromatic N) is 1. The number of hydrogen-bond acceptors (Lipinski definition) is 4. The lowest BCUT2D eigenvalue weighted by atomic mass is 10.1. The van der Waals surface area contributed by atoms with Gasteiger partial charge in [-0.15, -0.1) is 11.3 Å². The Kier molecular flexibility index (Phi) is 9.34. The number of carbonyl (C=O) groups is 1. The maximum atomic E-state index is 11.5. The summed E-state index contributed by atoms with van der Waals surface area (Å²) in [7, 11) is 0. The van der Waals surface area contributed by atoms with Crippen molar-refractivity contribution in [1.82, 2.24) is 16.0 Å². The van der Waals surface area contributed by atoms with E-state index in [1.165, 1.54) is 4.88 Å². The molecule has 3 N–H and O–H groups in total. The molecule has 0 fully saturated rings. The van der Waals surface area contributed by atoms with Crippen LogP contribution in [0.3, 0.4) is 0 Å². The zero-order valence-electron chi connectivity index (χ0n) is 16.8. The van der Waals surface area contributed by atoms with E-state index in [0.29, 0.717) is 24.8 Å². The Morgan fingerprint density at radius 1 is 1.14 bits per heavy atom. The Labute approximate surface area is 171 Å². The van der Waals surface area contributed by atoms with Gasteiger partial charge in [-0.05, 0) is 43.0 Å². The molecule has 1 unspecified atom stereocenters. The molecule has 1 aromatic carbocycles. The lowest BCUT2D eigenvalue weighted by Gasteiger charge is -2.15. The van der Waals surface area contributed by atoms with E-state index in [0.717, 1.165) is 24.6 Å². The van der Waals surface area contributed by atoms with Gasteiger partial charge in [0, 0.05) is 30.4 Å². The third-order valence-electron chi connectivity index (χ3n) is 4.01. The highest BCUT2D eigenvalue weighted by Crippen LogP contribution is 2.19. The van der Waals surface area contributed by atoms with Gasteiger partial charge in [0.2, 0.25) is 0 Å². The number of guanidine groups is 1. The minimum atomic E-state index is -0.121. The second-order valence-electron chi connectivity index (χ2n) is 6.38. The number of thiophene rings is 1. The van der Waals surface area contributed by atoms with Crippen LogP contribution in [0.2, 0.25) is 0 Å². The smallest absolute Gasteiger partial charge is 0.257 e. The molecule has 6 nitrogen and oxygen atoms in total. The molecule has 1 aromatic heterocycles. The van der Waals surface area contributed by atoms with Crippen molar-refractivity contribution in [3.8, 4) is 5.75 Å². The van der Waals surface area contributed by atoms with E-state index in [2.05, 4.69) is 52.3 Å². The molecule has 1 amide bonds. The number of benzene rings is 1. The molecule has 1 heterocycles. The van der Waals surface area contributed by atoms with E-state index in [4.69, 9.17) is 4.74 Å². The Morgan fingerprint density at radius 3 is 2.68 bits per heavy atom. The second-order valence-corrected chi connectivity index (χ2v) is 7.36. The molecule has 0 spiro atoms. The molecule has 0 aliphatic heterocycles. The minimum absolute atomic E-state index is 0.0192. The fraction of sp³-hybridized carbons (Fsp3) is 0.429. The van der Waals surface area contributed by atoms with Gasteiger partial charge in [-0.25, -0.2) is 4.99 Å². The molecule has 0 bridgehead atoms. The Hall–Kier alpha value is -2.54. The molecular weight excluding hydrogens is 372 g/mol. The molecule has 0 radical (unpaired) electrons. The number of nitrogens with one attached hydrogen (secondary N) is 3. The van der Waals surface area contributed by atoms with E-state index in [1.807, 2.05) is 31.2 Å². The van der Waals surface area contributed by atoms with Crippen LogP contribution in [0.5, 0.6) is 5.75 Å². The summed E-state index contributed by atoms with van der Waals surface area (Å²) in [6, 6.07) is 11.9. The zero-order valence-corrected chi connectivity index (χ0v) is 17.6. The molecule has 0 saturated carbocycles. The number of carbonyl (C=O) groups excluding carboxylic acids is 1. The van der Waals surface area contributed by atoms with Crippen LogP contribution < -0.4 is 20.7 Å². The van der Waals surface area contributed by atoms with Crippen LogP contribution in [0.25, 0.3) is 0 Å². The van der Waals surface area contributed by atoms with E-state index < -0.39 is 0 Å². The number of aliphatic imine (C=N–C) groups is 1. The average Bonchev–Trinajstić information content (AvgIpc) is 3.24. The van der Waals surface area contributed by atoms with Crippen molar-refractivity contribution in [2.45, 2.75) is 33.2 Å². The van der Waals surface area contributed by atoms with Gasteiger partial charge >= 0.3 is 0 Å². The highest BCUT2D eigenvalue weighted by atomic mass is 32.1. The van der Waals surface area contributed by atoms with Gasteiger partial charge in [-0.2, -0.15) is 0 Å². The highest BCUT2D eigenvalue weighted by molar-refractivity contribution is 7.10. The molecule has 0 aliphatic rings. The van der Waals surface area contributed by atoms with Crippen LogP contribution >= 0.6 is 11.3 Å². The third kappa shape index (κ3) is 7.60. The van der Waals surface area contributed by atoms with Crippen LogP contribution in [-0.4, -0.2) is 38.1 Å². The van der Waals surface area contributed by atoms with Crippen molar-refractivity contribution in [2.24, 2.45) is 4.99 Å². The lowest BCUT2D eigenvalue weighted by molar-refractivity contribution is -0.122. The quantitative estimate of drug-likeness (QED) is 0.422. The molecule has 28 heavy (non-hydrogen) atoms. The fourth-order valence-electron chi connectivity index (χ4n) is 2.56. The molecule has 2 rings (SSSR count). The first-order valence-electron chi connectivity index (χ1n) is 9.66. The molecule has 152 valence electrons. The van der Waals surface area contributed by atoms with Gasteiger partial charge in [-0.3, -0.25) is 4.79 Å². The lowest BCUT2D eigenvalue weighted by Crippen LogP contribution is -2.39. The van der Waals surface area contributed by atoms with Crippen molar-refractivity contribution in [1.29, 1.82) is 0 Å². The molecule has 1 atom stereocenters. The van der Waals surface area contributed by atoms with Crippen LogP contribution in [0.1, 0.15) is 37.1 Å². The summed E-state index contributed by atoms with van der Waals surface area (Å²) < 4.78 is 5.55. The van der Waals surface area contributed by atoms with Gasteiger partial charge in [0.1, 0.15) is 5.75 Å².